The second kappa shape index (κ2) is 12.6. The summed E-state index contributed by atoms with van der Waals surface area (Å²) < 4.78 is 12.6. The molecule has 0 bridgehead atoms. The summed E-state index contributed by atoms with van der Waals surface area (Å²) in [5.74, 6) is 0.599. The van der Waals surface area contributed by atoms with Crippen LogP contribution in [0.3, 0.4) is 0 Å². The highest BCUT2D eigenvalue weighted by Gasteiger charge is 2.20. The third kappa shape index (κ3) is 5.26. The van der Waals surface area contributed by atoms with Crippen molar-refractivity contribution < 1.29 is 8.83 Å². The Morgan fingerprint density at radius 2 is 1.04 bits per heavy atom. The number of hydrogen-bond donors (Lipinski definition) is 0. The fraction of sp³-hybridized carbons (Fsp3) is 0. The highest BCUT2D eigenvalue weighted by Crippen LogP contribution is 2.43. The number of para-hydroxylation sites is 1. The molecule has 55 heavy (non-hydrogen) atoms. The number of hydrogen-bond acceptors (Lipinski definition) is 4. The molecule has 2 heterocycles. The summed E-state index contributed by atoms with van der Waals surface area (Å²) in [5.41, 5.74) is 11.9. The molecule has 0 saturated heterocycles. The molecule has 0 atom stereocenters. The lowest BCUT2D eigenvalue weighted by Gasteiger charge is -2.28. The van der Waals surface area contributed by atoms with Gasteiger partial charge >= 0.3 is 0 Å². The number of anilines is 3. The van der Waals surface area contributed by atoms with E-state index in [-0.39, 0.29) is 0 Å². The van der Waals surface area contributed by atoms with Gasteiger partial charge in [-0.15, -0.1) is 0 Å². The molecule has 11 rings (SSSR count). The van der Waals surface area contributed by atoms with Gasteiger partial charge in [0.1, 0.15) is 16.7 Å². The van der Waals surface area contributed by atoms with Gasteiger partial charge < -0.3 is 13.7 Å². The lowest BCUT2D eigenvalue weighted by Crippen LogP contribution is -2.11. The first-order valence-electron chi connectivity index (χ1n) is 18.5. The van der Waals surface area contributed by atoms with Crippen molar-refractivity contribution in [3.63, 3.8) is 0 Å². The predicted octanol–water partition coefficient (Wildman–Crippen LogP) is 14.5. The molecule has 0 unspecified atom stereocenters. The number of aromatic nitrogens is 1. The van der Waals surface area contributed by atoms with Gasteiger partial charge in [0.2, 0.25) is 5.89 Å². The second-order valence-electron chi connectivity index (χ2n) is 13.9. The van der Waals surface area contributed by atoms with Crippen molar-refractivity contribution in [2.45, 2.75) is 0 Å². The Bertz CT molecular complexity index is 3200. The zero-order chi connectivity index (χ0) is 36.3. The Balaban J connectivity index is 1.03. The molecule has 0 aliphatic heterocycles. The van der Waals surface area contributed by atoms with Crippen molar-refractivity contribution in [1.29, 1.82) is 0 Å². The van der Waals surface area contributed by atoms with Crippen LogP contribution < -0.4 is 4.90 Å². The largest absolute Gasteiger partial charge is 0.456 e. The van der Waals surface area contributed by atoms with Gasteiger partial charge in [0.05, 0.1) is 11.1 Å². The molecule has 0 amide bonds. The van der Waals surface area contributed by atoms with Crippen LogP contribution in [0.1, 0.15) is 0 Å². The first kappa shape index (κ1) is 31.1. The zero-order valence-corrected chi connectivity index (χ0v) is 29.7. The fourth-order valence-electron chi connectivity index (χ4n) is 8.04. The topological polar surface area (TPSA) is 42.4 Å². The molecule has 4 heteroatoms. The molecule has 9 aromatic carbocycles. The van der Waals surface area contributed by atoms with Gasteiger partial charge in [-0.3, -0.25) is 0 Å². The van der Waals surface area contributed by atoms with Crippen LogP contribution in [0.5, 0.6) is 0 Å². The molecule has 0 aliphatic carbocycles. The molecule has 0 aliphatic rings. The summed E-state index contributed by atoms with van der Waals surface area (Å²) in [6, 6.07) is 68.3. The maximum atomic E-state index is 6.33. The number of furan rings is 1. The van der Waals surface area contributed by atoms with E-state index in [0.717, 1.165) is 72.4 Å². The minimum absolute atomic E-state index is 0.599. The number of nitrogens with zero attached hydrogens (tertiary/aromatic N) is 2. The van der Waals surface area contributed by atoms with Crippen LogP contribution in [0.4, 0.5) is 17.1 Å². The van der Waals surface area contributed by atoms with Crippen molar-refractivity contribution in [3.05, 3.63) is 194 Å². The quantitative estimate of drug-likeness (QED) is 0.162. The normalized spacial score (nSPS) is 11.6. The van der Waals surface area contributed by atoms with Crippen molar-refractivity contribution in [3.8, 4) is 33.7 Å². The Morgan fingerprint density at radius 1 is 0.382 bits per heavy atom. The minimum atomic E-state index is 0.599. The Kier molecular flexibility index (Phi) is 7.14. The second-order valence-corrected chi connectivity index (χ2v) is 13.9. The van der Waals surface area contributed by atoms with E-state index < -0.39 is 0 Å². The van der Waals surface area contributed by atoms with Crippen LogP contribution in [-0.2, 0) is 0 Å². The van der Waals surface area contributed by atoms with Gasteiger partial charge in [-0.05, 0) is 105 Å². The van der Waals surface area contributed by atoms with Gasteiger partial charge in [0.25, 0.3) is 0 Å². The average molecular weight is 705 g/mol. The van der Waals surface area contributed by atoms with E-state index in [9.17, 15) is 0 Å². The minimum Gasteiger partial charge on any atom is -0.456 e. The number of oxazole rings is 1. The van der Waals surface area contributed by atoms with Gasteiger partial charge in [0.15, 0.2) is 5.58 Å². The molecule has 0 spiro atoms. The van der Waals surface area contributed by atoms with Crippen LogP contribution in [0, 0.1) is 0 Å². The lowest BCUT2D eigenvalue weighted by atomic mass is 9.99. The first-order chi connectivity index (χ1) is 27.2. The third-order valence-corrected chi connectivity index (χ3v) is 10.7. The molecule has 258 valence electrons. The van der Waals surface area contributed by atoms with E-state index in [1.807, 2.05) is 42.5 Å². The molecule has 2 aromatic heterocycles. The number of rotatable bonds is 6. The van der Waals surface area contributed by atoms with Crippen LogP contribution in [0.15, 0.2) is 203 Å². The Hall–Kier alpha value is -7.43. The number of fused-ring (bicyclic) bond motifs is 8. The first-order valence-corrected chi connectivity index (χ1v) is 18.5. The molecule has 0 radical (unpaired) electrons. The molecular weight excluding hydrogens is 673 g/mol. The summed E-state index contributed by atoms with van der Waals surface area (Å²) in [5, 5.41) is 6.92. The van der Waals surface area contributed by atoms with E-state index in [4.69, 9.17) is 13.8 Å². The molecule has 0 fully saturated rings. The van der Waals surface area contributed by atoms with Crippen LogP contribution >= 0.6 is 0 Å². The Morgan fingerprint density at radius 3 is 1.89 bits per heavy atom. The average Bonchev–Trinajstić information content (AvgIpc) is 3.86. The maximum absolute atomic E-state index is 6.33. The van der Waals surface area contributed by atoms with E-state index in [1.54, 1.807) is 0 Å². The smallest absolute Gasteiger partial charge is 0.227 e. The zero-order valence-electron chi connectivity index (χ0n) is 29.7. The van der Waals surface area contributed by atoms with Gasteiger partial charge in [-0.2, -0.15) is 0 Å². The summed E-state index contributed by atoms with van der Waals surface area (Å²) in [6.45, 7) is 0. The fourth-order valence-corrected chi connectivity index (χ4v) is 8.04. The van der Waals surface area contributed by atoms with Gasteiger partial charge in [-0.25, -0.2) is 4.98 Å². The van der Waals surface area contributed by atoms with E-state index in [0.29, 0.717) is 5.89 Å². The molecular formula is C51H32N2O2. The standard InChI is InChI=1S/C51H32N2O2/c1-3-11-34(12-4-1)43-17-9-10-18-45(43)53(40-26-27-42-38(31-40)20-19-35-13-7-8-16-41(35)42)39-24-21-33(22-25-39)37-23-28-46-44(32-37)49-47(54-46)29-30-48-50(49)52-51(55-48)36-14-5-2-6-15-36/h1-32H. The summed E-state index contributed by atoms with van der Waals surface area (Å²) in [6.07, 6.45) is 0. The van der Waals surface area contributed by atoms with Gasteiger partial charge in [0, 0.05) is 27.9 Å². The Labute approximate surface area is 317 Å². The summed E-state index contributed by atoms with van der Waals surface area (Å²) in [4.78, 5) is 7.33. The van der Waals surface area contributed by atoms with Crippen molar-refractivity contribution in [2.75, 3.05) is 4.90 Å². The van der Waals surface area contributed by atoms with Crippen LogP contribution in [-0.4, -0.2) is 4.98 Å². The van der Waals surface area contributed by atoms with Gasteiger partial charge in [-0.1, -0.05) is 127 Å². The molecule has 0 saturated carbocycles. The summed E-state index contributed by atoms with van der Waals surface area (Å²) >= 11 is 0. The summed E-state index contributed by atoms with van der Waals surface area (Å²) in [7, 11) is 0. The van der Waals surface area contributed by atoms with Crippen molar-refractivity contribution in [1.82, 2.24) is 4.98 Å². The molecule has 11 aromatic rings. The van der Waals surface area contributed by atoms with Crippen LogP contribution in [0.25, 0.3) is 88.3 Å². The van der Waals surface area contributed by atoms with Crippen LogP contribution in [0.2, 0.25) is 0 Å². The maximum Gasteiger partial charge on any atom is 0.227 e. The lowest BCUT2D eigenvalue weighted by molar-refractivity contribution is 0.619. The molecule has 0 N–H and O–H groups in total. The van der Waals surface area contributed by atoms with E-state index >= 15 is 0 Å². The van der Waals surface area contributed by atoms with E-state index in [1.165, 1.54) is 27.1 Å². The van der Waals surface area contributed by atoms with E-state index in [2.05, 4.69) is 157 Å². The number of benzene rings is 9. The van der Waals surface area contributed by atoms with Crippen molar-refractivity contribution >= 4 is 71.6 Å². The highest BCUT2D eigenvalue weighted by atomic mass is 16.4. The highest BCUT2D eigenvalue weighted by molar-refractivity contribution is 6.17. The third-order valence-electron chi connectivity index (χ3n) is 10.7. The molecule has 4 nitrogen and oxygen atoms in total. The predicted molar refractivity (Wildman–Crippen MR) is 227 cm³/mol. The van der Waals surface area contributed by atoms with Crippen molar-refractivity contribution in [2.24, 2.45) is 0 Å². The SMILES string of the molecule is c1ccc(-c2nc3c(ccc4oc5ccc(-c6ccc(N(c7ccc8c(ccc9ccccc98)c7)c7ccccc7-c7ccccc7)cc6)cc5c43)o2)cc1. The monoisotopic (exact) mass is 704 g/mol.